The molecule has 0 spiro atoms. The quantitative estimate of drug-likeness (QED) is 0.0924. The zero-order valence-corrected chi connectivity index (χ0v) is 21.3. The van der Waals surface area contributed by atoms with Crippen molar-refractivity contribution in [3.63, 3.8) is 0 Å². The Bertz CT molecular complexity index is 1950. The van der Waals surface area contributed by atoms with Gasteiger partial charge < -0.3 is 0 Å². The van der Waals surface area contributed by atoms with Gasteiger partial charge in [0.1, 0.15) is 18.2 Å². The summed E-state index contributed by atoms with van der Waals surface area (Å²) in [4.78, 5) is 0. The number of rotatable bonds is 5. The maximum absolute atomic E-state index is 14.0. The highest BCUT2D eigenvalue weighted by atomic mass is 35.5. The lowest BCUT2D eigenvalue weighted by Crippen LogP contribution is -2.37. The Hall–Kier alpha value is -4.08. The van der Waals surface area contributed by atoms with Crippen LogP contribution >= 0.6 is 11.6 Å². The average Bonchev–Trinajstić information content (AvgIpc) is 2.95. The Kier molecular flexibility index (Phi) is 5.49. The standard InChI is InChI=1S/C34H23ClF2N/c35-17-2-18-38-20-30-28-16-11-22-4-1-3-21-5-6-25(32(28)31(21)22)19-29(30)33(23-7-12-26(36)13-8-23)34(38)24-9-14-27(37)15-10-24/h1,3-16,19-20H,2,17-18H2/q+1. The molecule has 1 heterocycles. The maximum atomic E-state index is 14.0. The summed E-state index contributed by atoms with van der Waals surface area (Å²) in [5.41, 5.74) is 3.76. The van der Waals surface area contributed by atoms with Crippen LogP contribution in [0.2, 0.25) is 0 Å². The molecule has 0 N–H and O–H groups in total. The Morgan fingerprint density at radius 1 is 0.605 bits per heavy atom. The lowest BCUT2D eigenvalue weighted by Gasteiger charge is -2.17. The third-order valence-electron chi connectivity index (χ3n) is 7.55. The van der Waals surface area contributed by atoms with Gasteiger partial charge in [0.15, 0.2) is 6.20 Å². The zero-order valence-electron chi connectivity index (χ0n) is 20.5. The van der Waals surface area contributed by atoms with Gasteiger partial charge in [0.25, 0.3) is 0 Å². The highest BCUT2D eigenvalue weighted by Gasteiger charge is 2.26. The van der Waals surface area contributed by atoms with E-state index in [1.54, 1.807) is 0 Å². The molecule has 0 saturated heterocycles. The van der Waals surface area contributed by atoms with E-state index in [0.717, 1.165) is 45.0 Å². The summed E-state index contributed by atoms with van der Waals surface area (Å²) in [5, 5.41) is 9.48. The lowest BCUT2D eigenvalue weighted by molar-refractivity contribution is -0.684. The molecule has 1 aromatic heterocycles. The fraction of sp³-hybridized carbons (Fsp3) is 0.0882. The van der Waals surface area contributed by atoms with Crippen molar-refractivity contribution in [1.29, 1.82) is 0 Å². The van der Waals surface area contributed by atoms with Crippen LogP contribution in [-0.4, -0.2) is 5.88 Å². The minimum absolute atomic E-state index is 0.283. The van der Waals surface area contributed by atoms with Gasteiger partial charge in [-0.3, -0.25) is 0 Å². The van der Waals surface area contributed by atoms with E-state index >= 15 is 0 Å². The summed E-state index contributed by atoms with van der Waals surface area (Å²) < 4.78 is 30.2. The highest BCUT2D eigenvalue weighted by molar-refractivity contribution is 6.30. The van der Waals surface area contributed by atoms with Gasteiger partial charge in [0.05, 0.1) is 10.9 Å². The molecule has 7 rings (SSSR count). The van der Waals surface area contributed by atoms with Gasteiger partial charge in [0.2, 0.25) is 5.69 Å². The van der Waals surface area contributed by atoms with Crippen LogP contribution in [0.25, 0.3) is 65.5 Å². The van der Waals surface area contributed by atoms with Crippen LogP contribution in [0.1, 0.15) is 6.42 Å². The molecule has 0 unspecified atom stereocenters. The summed E-state index contributed by atoms with van der Waals surface area (Å²) in [6, 6.07) is 30.7. The number of benzene rings is 6. The van der Waals surface area contributed by atoms with Crippen LogP contribution in [0.4, 0.5) is 8.78 Å². The van der Waals surface area contributed by atoms with Gasteiger partial charge >= 0.3 is 0 Å². The molecule has 0 aliphatic heterocycles. The molecule has 0 fully saturated rings. The lowest BCUT2D eigenvalue weighted by atomic mass is 9.87. The Morgan fingerprint density at radius 2 is 1.24 bits per heavy atom. The van der Waals surface area contributed by atoms with Crippen molar-refractivity contribution in [2.24, 2.45) is 0 Å². The number of hydrogen-bond donors (Lipinski definition) is 0. The summed E-state index contributed by atoms with van der Waals surface area (Å²) in [6.45, 7) is 0.697. The molecular weight excluding hydrogens is 496 g/mol. The number of pyridine rings is 1. The van der Waals surface area contributed by atoms with Crippen molar-refractivity contribution in [1.82, 2.24) is 0 Å². The Labute approximate surface area is 223 Å². The second-order valence-electron chi connectivity index (χ2n) is 9.80. The highest BCUT2D eigenvalue weighted by Crippen LogP contribution is 2.43. The number of aromatic nitrogens is 1. The predicted molar refractivity (Wildman–Crippen MR) is 154 cm³/mol. The molecule has 1 nitrogen and oxygen atoms in total. The number of halogens is 3. The molecule has 6 aromatic carbocycles. The molecule has 0 atom stereocenters. The fourth-order valence-corrected chi connectivity index (χ4v) is 6.02. The van der Waals surface area contributed by atoms with E-state index in [9.17, 15) is 8.78 Å². The predicted octanol–water partition coefficient (Wildman–Crippen LogP) is 9.27. The summed E-state index contributed by atoms with van der Waals surface area (Å²) in [7, 11) is 0. The monoisotopic (exact) mass is 518 g/mol. The van der Waals surface area contributed by atoms with Crippen molar-refractivity contribution in [3.05, 3.63) is 115 Å². The fourth-order valence-electron chi connectivity index (χ4n) is 5.90. The van der Waals surface area contributed by atoms with Gasteiger partial charge in [-0.25, -0.2) is 8.78 Å². The molecule has 0 bridgehead atoms. The SMILES string of the molecule is Fc1ccc(-c2c(-c3ccc(F)cc3)[n+](CCCCl)cc3c2cc2ccc4cccc5ccc3c2c45)cc1. The number of hydrogen-bond acceptors (Lipinski definition) is 0. The van der Waals surface area contributed by atoms with E-state index < -0.39 is 0 Å². The molecular formula is C34H23ClF2N+. The van der Waals surface area contributed by atoms with Crippen molar-refractivity contribution >= 4 is 54.7 Å². The van der Waals surface area contributed by atoms with Crippen LogP contribution < -0.4 is 4.57 Å². The molecule has 38 heavy (non-hydrogen) atoms. The van der Waals surface area contributed by atoms with Crippen LogP contribution in [0.15, 0.2) is 103 Å². The molecule has 0 saturated carbocycles. The van der Waals surface area contributed by atoms with Crippen LogP contribution in [0.5, 0.6) is 0 Å². The topological polar surface area (TPSA) is 3.88 Å². The molecule has 0 aliphatic carbocycles. The maximum Gasteiger partial charge on any atom is 0.221 e. The molecule has 7 aromatic rings. The van der Waals surface area contributed by atoms with Gasteiger partial charge in [-0.15, -0.1) is 11.6 Å². The average molecular weight is 519 g/mol. The van der Waals surface area contributed by atoms with Gasteiger partial charge in [0, 0.05) is 23.3 Å². The number of aryl methyl sites for hydroxylation is 1. The summed E-state index contributed by atoms with van der Waals surface area (Å²) >= 11 is 6.16. The first-order chi connectivity index (χ1) is 18.6. The number of fused-ring (bicyclic) bond motifs is 2. The minimum Gasteiger partial charge on any atom is -0.207 e. The van der Waals surface area contributed by atoms with Crippen LogP contribution in [0.3, 0.4) is 0 Å². The van der Waals surface area contributed by atoms with E-state index in [-0.39, 0.29) is 11.6 Å². The first kappa shape index (κ1) is 23.1. The summed E-state index contributed by atoms with van der Waals surface area (Å²) in [5.74, 6) is -0.0404. The molecule has 4 heteroatoms. The van der Waals surface area contributed by atoms with Gasteiger partial charge in [-0.2, -0.15) is 4.57 Å². The van der Waals surface area contributed by atoms with E-state index in [4.69, 9.17) is 11.6 Å². The molecule has 0 amide bonds. The third kappa shape index (κ3) is 3.61. The largest absolute Gasteiger partial charge is 0.221 e. The van der Waals surface area contributed by atoms with Gasteiger partial charge in [-0.1, -0.05) is 54.6 Å². The van der Waals surface area contributed by atoms with Crippen molar-refractivity contribution in [2.75, 3.05) is 5.88 Å². The first-order valence-electron chi connectivity index (χ1n) is 12.8. The van der Waals surface area contributed by atoms with E-state index in [2.05, 4.69) is 59.3 Å². The van der Waals surface area contributed by atoms with Gasteiger partial charge in [-0.05, 0) is 80.3 Å². The van der Waals surface area contributed by atoms with Crippen molar-refractivity contribution in [3.8, 4) is 22.4 Å². The number of nitrogens with zero attached hydrogens (tertiary/aromatic N) is 1. The smallest absolute Gasteiger partial charge is 0.207 e. The Morgan fingerprint density at radius 3 is 1.92 bits per heavy atom. The number of alkyl halides is 1. The Balaban J connectivity index is 1.69. The van der Waals surface area contributed by atoms with E-state index in [1.165, 1.54) is 51.2 Å². The summed E-state index contributed by atoms with van der Waals surface area (Å²) in [6.07, 6.45) is 2.99. The second-order valence-corrected chi connectivity index (χ2v) is 10.2. The molecule has 0 radical (unpaired) electrons. The first-order valence-corrected chi connectivity index (χ1v) is 13.3. The van der Waals surface area contributed by atoms with E-state index in [1.807, 2.05) is 24.3 Å². The van der Waals surface area contributed by atoms with Crippen LogP contribution in [-0.2, 0) is 6.54 Å². The normalized spacial score (nSPS) is 11.9. The minimum atomic E-state index is -0.284. The van der Waals surface area contributed by atoms with Crippen molar-refractivity contribution in [2.45, 2.75) is 13.0 Å². The second kappa shape index (κ2) is 9.04. The van der Waals surface area contributed by atoms with Crippen molar-refractivity contribution < 1.29 is 13.3 Å². The van der Waals surface area contributed by atoms with Crippen LogP contribution in [0, 0.1) is 11.6 Å². The molecule has 184 valence electrons. The third-order valence-corrected chi connectivity index (χ3v) is 7.82. The zero-order chi connectivity index (χ0) is 25.8. The molecule has 0 aliphatic rings. The van der Waals surface area contributed by atoms with E-state index in [0.29, 0.717) is 12.4 Å².